The van der Waals surface area contributed by atoms with Crippen molar-refractivity contribution >= 4 is 22.6 Å². The summed E-state index contributed by atoms with van der Waals surface area (Å²) in [6, 6.07) is 1.97. The minimum absolute atomic E-state index is 0.479. The molecule has 1 N–H and O–H groups in total. The zero-order valence-electron chi connectivity index (χ0n) is 7.66. The van der Waals surface area contributed by atoms with Crippen LogP contribution in [-0.4, -0.2) is 15.2 Å². The van der Waals surface area contributed by atoms with Gasteiger partial charge in [-0.15, -0.1) is 0 Å². The number of aromatic nitrogens is 3. The Hall–Kier alpha value is -0.650. The van der Waals surface area contributed by atoms with E-state index in [1.165, 1.54) is 9.13 Å². The van der Waals surface area contributed by atoms with Gasteiger partial charge in [0.25, 0.3) is 0 Å². The first-order chi connectivity index (χ1) is 6.22. The Kier molecular flexibility index (Phi) is 4.14. The van der Waals surface area contributed by atoms with Gasteiger partial charge in [-0.2, -0.15) is 5.10 Å². The van der Waals surface area contributed by atoms with E-state index in [4.69, 9.17) is 0 Å². The van der Waals surface area contributed by atoms with Gasteiger partial charge < -0.3 is 0 Å². The number of H-pyrrole nitrogens is 1. The molecule has 0 bridgehead atoms. The molecule has 0 fully saturated rings. The third-order valence-electron chi connectivity index (χ3n) is 1.61. The van der Waals surface area contributed by atoms with Crippen molar-refractivity contribution in [2.24, 2.45) is 0 Å². The zero-order valence-corrected chi connectivity index (χ0v) is 9.82. The highest BCUT2D eigenvalue weighted by Crippen LogP contribution is 2.17. The van der Waals surface area contributed by atoms with Crippen molar-refractivity contribution in [1.29, 1.82) is 0 Å². The Bertz CT molecular complexity index is 318. The van der Waals surface area contributed by atoms with Gasteiger partial charge in [-0.1, -0.05) is 13.8 Å². The first-order valence-electron chi connectivity index (χ1n) is 4.08. The van der Waals surface area contributed by atoms with Gasteiger partial charge in [-0.25, -0.2) is 4.98 Å². The molecule has 0 unspecified atom stereocenters. The molecule has 0 spiro atoms. The Labute approximate surface area is 91.4 Å². The zero-order chi connectivity index (χ0) is 9.68. The van der Waals surface area contributed by atoms with Crippen LogP contribution in [0.5, 0.6) is 0 Å². The molecule has 3 nitrogen and oxygen atoms in total. The monoisotopic (exact) mass is 289 g/mol. The first-order valence-corrected chi connectivity index (χ1v) is 5.16. The highest BCUT2D eigenvalue weighted by atomic mass is 127. The first kappa shape index (κ1) is 10.4. The van der Waals surface area contributed by atoms with Gasteiger partial charge in [-0.05, 0) is 40.1 Å². The average molecular weight is 289 g/mol. The lowest BCUT2D eigenvalue weighted by Gasteiger charge is -2.03. The van der Waals surface area contributed by atoms with Crippen LogP contribution in [0.1, 0.15) is 25.3 Å². The van der Waals surface area contributed by atoms with Crippen LogP contribution in [0, 0.1) is 3.57 Å². The largest absolute Gasteiger partial charge is 0.268 e. The molecule has 0 aliphatic heterocycles. The van der Waals surface area contributed by atoms with Gasteiger partial charge in [0.1, 0.15) is 6.33 Å². The van der Waals surface area contributed by atoms with Crippen molar-refractivity contribution in [3.05, 3.63) is 33.9 Å². The second kappa shape index (κ2) is 5.16. The number of rotatable bonds is 1. The maximum absolute atomic E-state index is 4.09. The van der Waals surface area contributed by atoms with Gasteiger partial charge in [0.2, 0.25) is 0 Å². The van der Waals surface area contributed by atoms with E-state index in [1.54, 1.807) is 12.5 Å². The Morgan fingerprint density at radius 3 is 2.92 bits per heavy atom. The lowest BCUT2D eigenvalue weighted by Crippen LogP contribution is -1.89. The number of nitrogens with zero attached hydrogens (tertiary/aromatic N) is 2. The average Bonchev–Trinajstić information content (AvgIpc) is 2.16. The number of hydrogen-bond acceptors (Lipinski definition) is 2. The molecule has 70 valence electrons. The quantitative estimate of drug-likeness (QED) is 0.808. The number of nitrogens with one attached hydrogen (secondary N) is 1. The lowest BCUT2D eigenvalue weighted by molar-refractivity contribution is 0.854. The maximum atomic E-state index is 4.09. The van der Waals surface area contributed by atoms with Crippen LogP contribution in [0.15, 0.2) is 24.8 Å². The molecule has 0 saturated carbocycles. The van der Waals surface area contributed by atoms with Crippen LogP contribution in [0.3, 0.4) is 0 Å². The van der Waals surface area contributed by atoms with Crippen molar-refractivity contribution in [3.63, 3.8) is 0 Å². The third-order valence-corrected chi connectivity index (χ3v) is 2.60. The van der Waals surface area contributed by atoms with E-state index in [1.807, 2.05) is 12.3 Å². The van der Waals surface area contributed by atoms with Gasteiger partial charge in [-0.3, -0.25) is 5.10 Å². The summed E-state index contributed by atoms with van der Waals surface area (Å²) in [6.45, 7) is 4.30. The van der Waals surface area contributed by atoms with E-state index in [9.17, 15) is 0 Å². The van der Waals surface area contributed by atoms with Gasteiger partial charge >= 0.3 is 0 Å². The van der Waals surface area contributed by atoms with E-state index < -0.39 is 0 Å². The molecule has 0 aliphatic rings. The summed E-state index contributed by atoms with van der Waals surface area (Å²) in [4.78, 5) is 4.09. The molecule has 0 radical (unpaired) electrons. The molecule has 0 saturated heterocycles. The normalized spacial score (nSPS) is 9.85. The molecular weight excluding hydrogens is 277 g/mol. The molecule has 1 aromatic rings. The fraction of sp³-hybridized carbons (Fsp3) is 0.333. The predicted octanol–water partition coefficient (Wildman–Crippen LogP) is 2.66. The fourth-order valence-corrected chi connectivity index (χ4v) is 1.84. The molecule has 0 aliphatic carbocycles. The van der Waals surface area contributed by atoms with Crippen LogP contribution in [0.25, 0.3) is 0 Å². The lowest BCUT2D eigenvalue weighted by atomic mass is 10.1. The summed E-state index contributed by atoms with van der Waals surface area (Å²) < 4.78 is 1.18. The number of aromatic amines is 1. The van der Waals surface area contributed by atoms with E-state index >= 15 is 0 Å². The molecule has 1 rings (SSSR count). The van der Waals surface area contributed by atoms with Gasteiger partial charge in [0.05, 0.1) is 0 Å². The minimum Gasteiger partial charge on any atom is -0.268 e. The Balaban J connectivity index is 3.29. The summed E-state index contributed by atoms with van der Waals surface area (Å²) in [6.07, 6.45) is 5.17. The summed E-state index contributed by atoms with van der Waals surface area (Å²) in [5.74, 6) is 0.479. The van der Waals surface area contributed by atoms with E-state index in [0.29, 0.717) is 5.92 Å². The van der Waals surface area contributed by atoms with Crippen molar-refractivity contribution < 1.29 is 0 Å². The summed E-state index contributed by atoms with van der Waals surface area (Å²) in [7, 11) is 0. The smallest absolute Gasteiger partial charge is 0.108 e. The van der Waals surface area contributed by atoms with Crippen LogP contribution in [-0.2, 0) is 0 Å². The summed E-state index contributed by atoms with van der Waals surface area (Å²) in [5, 5.41) is 6.59. The van der Waals surface area contributed by atoms with E-state index in [-0.39, 0.29) is 0 Å². The van der Waals surface area contributed by atoms with Crippen LogP contribution in [0.2, 0.25) is 0 Å². The molecule has 13 heavy (non-hydrogen) atoms. The highest BCUT2D eigenvalue weighted by molar-refractivity contribution is 14.1. The molecule has 4 heteroatoms. The number of halogens is 1. The molecule has 1 aromatic heterocycles. The van der Waals surface area contributed by atoms with E-state index in [2.05, 4.69) is 51.6 Å². The number of hydrogen-bond donors (Lipinski definition) is 1. The molecule has 0 aromatic carbocycles. The molecule has 1 heterocycles. The Morgan fingerprint density at radius 1 is 1.46 bits per heavy atom. The summed E-state index contributed by atoms with van der Waals surface area (Å²) in [5.41, 5.74) is 1.23. The van der Waals surface area contributed by atoms with E-state index in [0.717, 1.165) is 0 Å². The van der Waals surface area contributed by atoms with Crippen LogP contribution >= 0.6 is 22.6 Å². The highest BCUT2D eigenvalue weighted by Gasteiger charge is 2.00. The SMILES string of the molecule is CC(C)c1cnc[nH]nccc1I. The standard InChI is InChI=1S/C9H12IN3/c1-7(2)8-5-11-6-13-12-4-3-9(8)10/h3-7H,1-2H3,(H,11,13). The van der Waals surface area contributed by atoms with Crippen molar-refractivity contribution in [2.75, 3.05) is 0 Å². The Morgan fingerprint density at radius 2 is 2.23 bits per heavy atom. The molecular formula is C9H12IN3. The maximum Gasteiger partial charge on any atom is 0.108 e. The topological polar surface area (TPSA) is 41.6 Å². The second-order valence-electron chi connectivity index (χ2n) is 2.94. The van der Waals surface area contributed by atoms with Gasteiger partial charge in [0, 0.05) is 16.0 Å². The predicted molar refractivity (Wildman–Crippen MR) is 60.8 cm³/mol. The van der Waals surface area contributed by atoms with Gasteiger partial charge in [0.15, 0.2) is 0 Å². The van der Waals surface area contributed by atoms with Crippen molar-refractivity contribution in [2.45, 2.75) is 19.8 Å². The fourth-order valence-electron chi connectivity index (χ4n) is 0.913. The van der Waals surface area contributed by atoms with Crippen molar-refractivity contribution in [3.8, 4) is 0 Å². The van der Waals surface area contributed by atoms with Crippen LogP contribution in [0.4, 0.5) is 0 Å². The minimum atomic E-state index is 0.479. The summed E-state index contributed by atoms with van der Waals surface area (Å²) >= 11 is 2.29. The second-order valence-corrected chi connectivity index (χ2v) is 4.10. The van der Waals surface area contributed by atoms with Crippen LogP contribution < -0.4 is 0 Å². The van der Waals surface area contributed by atoms with Crippen molar-refractivity contribution in [1.82, 2.24) is 15.2 Å². The molecule has 0 amide bonds. The third kappa shape index (κ3) is 3.30. The molecule has 0 atom stereocenters.